The zero-order valence-electron chi connectivity index (χ0n) is 12.5. The van der Waals surface area contributed by atoms with Crippen LogP contribution in [0.15, 0.2) is 24.3 Å². The summed E-state index contributed by atoms with van der Waals surface area (Å²) in [5.74, 6) is 0.799. The fourth-order valence-electron chi connectivity index (χ4n) is 2.41. The van der Waals surface area contributed by atoms with Gasteiger partial charge < -0.3 is 10.1 Å². The molecule has 108 valence electrons. The Morgan fingerprint density at radius 1 is 1.10 bits per heavy atom. The van der Waals surface area contributed by atoms with Gasteiger partial charge in [-0.25, -0.2) is 9.97 Å². The summed E-state index contributed by atoms with van der Waals surface area (Å²) in [6, 6.07) is 8.19. The number of aryl methyl sites for hydroxylation is 2. The van der Waals surface area contributed by atoms with E-state index < -0.39 is 0 Å². The Morgan fingerprint density at radius 3 is 2.57 bits per heavy atom. The fraction of sp³-hybridized carbons (Fsp3) is 0.250. The first-order valence-electron chi connectivity index (χ1n) is 6.74. The third-order valence-electron chi connectivity index (χ3n) is 3.43. The molecule has 5 heteroatoms. The molecular formula is C16H17N3OS. The Hall–Kier alpha value is -2.14. The number of methoxy groups -OCH3 is 1. The van der Waals surface area contributed by atoms with Crippen LogP contribution in [-0.4, -0.2) is 24.1 Å². The summed E-state index contributed by atoms with van der Waals surface area (Å²) in [5.41, 5.74) is 4.05. The summed E-state index contributed by atoms with van der Waals surface area (Å²) in [6.45, 7) is 4.02. The third kappa shape index (κ3) is 2.34. The number of benzene rings is 1. The minimum absolute atomic E-state index is 0.799. The van der Waals surface area contributed by atoms with Gasteiger partial charge in [0.2, 0.25) is 0 Å². The average Bonchev–Trinajstić information content (AvgIpc) is 2.87. The van der Waals surface area contributed by atoms with Crippen LogP contribution in [-0.2, 0) is 0 Å². The number of hydrogen-bond donors (Lipinski definition) is 1. The van der Waals surface area contributed by atoms with Crippen molar-refractivity contribution in [1.29, 1.82) is 0 Å². The van der Waals surface area contributed by atoms with Crippen LogP contribution in [0.1, 0.15) is 11.4 Å². The number of nitrogens with zero attached hydrogens (tertiary/aromatic N) is 2. The highest BCUT2D eigenvalue weighted by Crippen LogP contribution is 2.39. The summed E-state index contributed by atoms with van der Waals surface area (Å²) < 4.78 is 5.44. The van der Waals surface area contributed by atoms with Gasteiger partial charge >= 0.3 is 0 Å². The first-order chi connectivity index (χ1) is 10.1. The van der Waals surface area contributed by atoms with Gasteiger partial charge in [-0.2, -0.15) is 0 Å². The first-order valence-corrected chi connectivity index (χ1v) is 7.55. The van der Waals surface area contributed by atoms with Crippen molar-refractivity contribution in [3.63, 3.8) is 0 Å². The minimum atomic E-state index is 0.799. The molecule has 0 aliphatic heterocycles. The zero-order chi connectivity index (χ0) is 15.0. The van der Waals surface area contributed by atoms with Crippen LogP contribution in [0.3, 0.4) is 0 Å². The first kappa shape index (κ1) is 13.8. The van der Waals surface area contributed by atoms with Crippen LogP contribution in [0, 0.1) is 13.8 Å². The van der Waals surface area contributed by atoms with E-state index in [-0.39, 0.29) is 0 Å². The Balaban J connectivity index is 2.30. The van der Waals surface area contributed by atoms with Gasteiger partial charge in [0, 0.05) is 23.7 Å². The standard InChI is InChI=1S/C16H17N3OS/c1-9-5-6-11-12(7-8-13(20-4)14(11)18-9)15-10(2)19-16(17-3)21-15/h5-8H,1-4H3,(H,17,19). The highest BCUT2D eigenvalue weighted by atomic mass is 32.1. The van der Waals surface area contributed by atoms with E-state index in [0.717, 1.165) is 43.6 Å². The molecule has 0 bridgehead atoms. The van der Waals surface area contributed by atoms with Gasteiger partial charge in [-0.3, -0.25) is 0 Å². The van der Waals surface area contributed by atoms with Crippen LogP contribution in [0.4, 0.5) is 5.13 Å². The van der Waals surface area contributed by atoms with E-state index in [9.17, 15) is 0 Å². The van der Waals surface area contributed by atoms with Crippen molar-refractivity contribution in [3.8, 4) is 16.2 Å². The van der Waals surface area contributed by atoms with Gasteiger partial charge in [-0.15, -0.1) is 0 Å². The van der Waals surface area contributed by atoms with E-state index in [0.29, 0.717) is 0 Å². The molecule has 0 spiro atoms. The third-order valence-corrected chi connectivity index (χ3v) is 4.64. The van der Waals surface area contributed by atoms with Gasteiger partial charge in [0.25, 0.3) is 0 Å². The molecule has 0 aliphatic carbocycles. The van der Waals surface area contributed by atoms with Crippen molar-refractivity contribution in [2.45, 2.75) is 13.8 Å². The lowest BCUT2D eigenvalue weighted by Gasteiger charge is -2.09. The Labute approximate surface area is 127 Å². The molecule has 0 unspecified atom stereocenters. The smallest absolute Gasteiger partial charge is 0.183 e. The quantitative estimate of drug-likeness (QED) is 0.793. The Kier molecular flexibility index (Phi) is 3.51. The number of aromatic nitrogens is 2. The van der Waals surface area contributed by atoms with Gasteiger partial charge in [-0.05, 0) is 32.0 Å². The predicted octanol–water partition coefficient (Wildman–Crippen LogP) is 4.03. The van der Waals surface area contributed by atoms with E-state index in [1.807, 2.05) is 33.0 Å². The fourth-order valence-corrected chi connectivity index (χ4v) is 3.36. The molecule has 3 rings (SSSR count). The highest BCUT2D eigenvalue weighted by molar-refractivity contribution is 7.19. The van der Waals surface area contributed by atoms with Gasteiger partial charge in [0.15, 0.2) is 5.13 Å². The number of fused-ring (bicyclic) bond motifs is 1. The summed E-state index contributed by atoms with van der Waals surface area (Å²) in [5, 5.41) is 5.12. The molecule has 1 N–H and O–H groups in total. The molecule has 21 heavy (non-hydrogen) atoms. The summed E-state index contributed by atoms with van der Waals surface area (Å²) in [4.78, 5) is 10.3. The van der Waals surface area contributed by atoms with E-state index in [4.69, 9.17) is 4.74 Å². The van der Waals surface area contributed by atoms with Crippen molar-refractivity contribution >= 4 is 27.4 Å². The lowest BCUT2D eigenvalue weighted by atomic mass is 10.0. The molecule has 0 saturated carbocycles. The van der Waals surface area contributed by atoms with E-state index >= 15 is 0 Å². The molecule has 0 amide bonds. The molecule has 2 heterocycles. The number of rotatable bonds is 3. The van der Waals surface area contributed by atoms with Crippen LogP contribution in [0.2, 0.25) is 0 Å². The number of thiazole rings is 1. The maximum absolute atomic E-state index is 5.44. The number of ether oxygens (including phenoxy) is 1. The SMILES string of the molecule is CNc1nc(C)c(-c2ccc(OC)c3nc(C)ccc23)s1. The summed E-state index contributed by atoms with van der Waals surface area (Å²) in [6.07, 6.45) is 0. The van der Waals surface area contributed by atoms with Crippen molar-refractivity contribution in [2.75, 3.05) is 19.5 Å². The second kappa shape index (κ2) is 5.33. The monoisotopic (exact) mass is 299 g/mol. The molecule has 0 fully saturated rings. The maximum Gasteiger partial charge on any atom is 0.183 e. The largest absolute Gasteiger partial charge is 0.494 e. The van der Waals surface area contributed by atoms with Gasteiger partial charge in [0.05, 0.1) is 17.7 Å². The van der Waals surface area contributed by atoms with Crippen molar-refractivity contribution in [2.24, 2.45) is 0 Å². The van der Waals surface area contributed by atoms with Crippen LogP contribution >= 0.6 is 11.3 Å². The lowest BCUT2D eigenvalue weighted by molar-refractivity contribution is 0.419. The van der Waals surface area contributed by atoms with E-state index in [1.54, 1.807) is 18.4 Å². The van der Waals surface area contributed by atoms with Crippen LogP contribution in [0.25, 0.3) is 21.3 Å². The average molecular weight is 299 g/mol. The van der Waals surface area contributed by atoms with Crippen molar-refractivity contribution in [1.82, 2.24) is 9.97 Å². The summed E-state index contributed by atoms with van der Waals surface area (Å²) >= 11 is 1.65. The topological polar surface area (TPSA) is 47.0 Å². The molecule has 0 atom stereocenters. The summed E-state index contributed by atoms with van der Waals surface area (Å²) in [7, 11) is 3.56. The molecule has 0 radical (unpaired) electrons. The van der Waals surface area contributed by atoms with E-state index in [2.05, 4.69) is 27.4 Å². The maximum atomic E-state index is 5.44. The number of anilines is 1. The molecule has 3 aromatic rings. The normalized spacial score (nSPS) is 10.9. The molecule has 0 aliphatic rings. The highest BCUT2D eigenvalue weighted by Gasteiger charge is 2.14. The lowest BCUT2D eigenvalue weighted by Crippen LogP contribution is -1.91. The molecule has 2 aromatic heterocycles. The molecule has 1 aromatic carbocycles. The van der Waals surface area contributed by atoms with E-state index in [1.165, 1.54) is 0 Å². The Morgan fingerprint density at radius 2 is 1.90 bits per heavy atom. The molecule has 4 nitrogen and oxygen atoms in total. The van der Waals surface area contributed by atoms with Crippen LogP contribution < -0.4 is 10.1 Å². The number of pyridine rings is 1. The minimum Gasteiger partial charge on any atom is -0.494 e. The molecule has 0 saturated heterocycles. The number of nitrogens with one attached hydrogen (secondary N) is 1. The van der Waals surface area contributed by atoms with Gasteiger partial charge in [-0.1, -0.05) is 17.4 Å². The van der Waals surface area contributed by atoms with Crippen molar-refractivity contribution < 1.29 is 4.74 Å². The second-order valence-electron chi connectivity index (χ2n) is 4.85. The zero-order valence-corrected chi connectivity index (χ0v) is 13.3. The van der Waals surface area contributed by atoms with Crippen molar-refractivity contribution in [3.05, 3.63) is 35.7 Å². The van der Waals surface area contributed by atoms with Crippen LogP contribution in [0.5, 0.6) is 5.75 Å². The number of hydrogen-bond acceptors (Lipinski definition) is 5. The molecular weight excluding hydrogens is 282 g/mol. The van der Waals surface area contributed by atoms with Gasteiger partial charge in [0.1, 0.15) is 11.3 Å². The second-order valence-corrected chi connectivity index (χ2v) is 5.85. The Bertz CT molecular complexity index is 811. The predicted molar refractivity (Wildman–Crippen MR) is 88.4 cm³/mol.